The van der Waals surface area contributed by atoms with E-state index in [2.05, 4.69) is 6.92 Å². The smallest absolute Gasteiger partial charge is 0.217 e. The summed E-state index contributed by atoms with van der Waals surface area (Å²) in [5.41, 5.74) is 5.12. The monoisotopic (exact) mass is 155 g/mol. The van der Waals surface area contributed by atoms with Crippen LogP contribution in [0.5, 0.6) is 0 Å². The Kier molecular flexibility index (Phi) is 2.92. The van der Waals surface area contributed by atoms with Crippen LogP contribution in [0.15, 0.2) is 0 Å². The van der Waals surface area contributed by atoms with Crippen LogP contribution in [0.4, 0.5) is 0 Å². The van der Waals surface area contributed by atoms with Crippen molar-refractivity contribution in [3.8, 4) is 0 Å². The van der Waals surface area contributed by atoms with Gasteiger partial charge in [-0.05, 0) is 11.8 Å². The van der Waals surface area contributed by atoms with Crippen molar-refractivity contribution in [3.05, 3.63) is 0 Å². The van der Waals surface area contributed by atoms with Gasteiger partial charge in [0.1, 0.15) is 0 Å². The summed E-state index contributed by atoms with van der Waals surface area (Å²) in [5, 5.41) is 0. The largest absolute Gasteiger partial charge is 0.370 e. The second-order valence-corrected chi connectivity index (χ2v) is 3.69. The molecule has 0 bridgehead atoms. The van der Waals surface area contributed by atoms with E-state index in [1.165, 1.54) is 25.7 Å². The summed E-state index contributed by atoms with van der Waals surface area (Å²) in [6.07, 6.45) is 5.86. The first-order valence-electron chi connectivity index (χ1n) is 4.48. The second kappa shape index (κ2) is 3.74. The van der Waals surface area contributed by atoms with E-state index in [4.69, 9.17) is 5.73 Å². The third-order valence-corrected chi connectivity index (χ3v) is 2.73. The van der Waals surface area contributed by atoms with Gasteiger partial charge in [0, 0.05) is 6.42 Å². The normalized spacial score (nSPS) is 21.9. The molecule has 0 radical (unpaired) electrons. The first kappa shape index (κ1) is 8.57. The Balaban J connectivity index is 2.28. The third-order valence-electron chi connectivity index (χ3n) is 2.73. The van der Waals surface area contributed by atoms with E-state index in [-0.39, 0.29) is 5.91 Å². The van der Waals surface area contributed by atoms with Crippen molar-refractivity contribution in [3.63, 3.8) is 0 Å². The molecule has 11 heavy (non-hydrogen) atoms. The van der Waals surface area contributed by atoms with Crippen LogP contribution in [0.2, 0.25) is 0 Å². The molecule has 1 unspecified atom stereocenters. The average Bonchev–Trinajstić information content (AvgIpc) is 2.35. The van der Waals surface area contributed by atoms with Crippen LogP contribution in [-0.2, 0) is 4.79 Å². The molecule has 1 rings (SSSR count). The molecule has 2 nitrogen and oxygen atoms in total. The molecule has 1 amide bonds. The number of hydrogen-bond acceptors (Lipinski definition) is 1. The highest BCUT2D eigenvalue weighted by molar-refractivity contribution is 5.73. The third kappa shape index (κ3) is 2.52. The molecule has 0 aliphatic heterocycles. The van der Waals surface area contributed by atoms with Gasteiger partial charge in [-0.3, -0.25) is 4.79 Å². The highest BCUT2D eigenvalue weighted by Crippen LogP contribution is 2.32. The van der Waals surface area contributed by atoms with E-state index in [9.17, 15) is 4.79 Å². The second-order valence-electron chi connectivity index (χ2n) is 3.69. The minimum Gasteiger partial charge on any atom is -0.370 e. The van der Waals surface area contributed by atoms with Crippen LogP contribution in [0.1, 0.15) is 39.0 Å². The predicted octanol–water partition coefficient (Wildman–Crippen LogP) is 1.69. The van der Waals surface area contributed by atoms with Crippen LogP contribution < -0.4 is 5.73 Å². The number of nitrogens with two attached hydrogens (primary N) is 1. The molecule has 0 saturated heterocycles. The molecule has 0 heterocycles. The van der Waals surface area contributed by atoms with Crippen molar-refractivity contribution >= 4 is 5.91 Å². The highest BCUT2D eigenvalue weighted by atomic mass is 16.1. The summed E-state index contributed by atoms with van der Waals surface area (Å²) in [6, 6.07) is 0. The summed E-state index contributed by atoms with van der Waals surface area (Å²) in [6.45, 7) is 2.14. The predicted molar refractivity (Wildman–Crippen MR) is 44.9 cm³/mol. The van der Waals surface area contributed by atoms with Gasteiger partial charge in [-0.15, -0.1) is 0 Å². The van der Waals surface area contributed by atoms with Gasteiger partial charge in [0.15, 0.2) is 0 Å². The SMILES string of the molecule is CC(CC(N)=O)C1CCCC1. The van der Waals surface area contributed by atoms with Crippen molar-refractivity contribution in [2.24, 2.45) is 17.6 Å². The highest BCUT2D eigenvalue weighted by Gasteiger charge is 2.22. The fourth-order valence-corrected chi connectivity index (χ4v) is 2.01. The van der Waals surface area contributed by atoms with Gasteiger partial charge in [0.25, 0.3) is 0 Å². The Morgan fingerprint density at radius 1 is 1.55 bits per heavy atom. The van der Waals surface area contributed by atoms with E-state index in [0.717, 1.165) is 5.92 Å². The Bertz CT molecular complexity index is 138. The van der Waals surface area contributed by atoms with Gasteiger partial charge < -0.3 is 5.73 Å². The van der Waals surface area contributed by atoms with Crippen LogP contribution in [-0.4, -0.2) is 5.91 Å². The zero-order valence-electron chi connectivity index (χ0n) is 7.18. The Morgan fingerprint density at radius 2 is 2.09 bits per heavy atom. The lowest BCUT2D eigenvalue weighted by atomic mass is 9.90. The summed E-state index contributed by atoms with van der Waals surface area (Å²) >= 11 is 0. The van der Waals surface area contributed by atoms with Crippen molar-refractivity contribution < 1.29 is 4.79 Å². The lowest BCUT2D eigenvalue weighted by molar-refractivity contribution is -0.119. The molecule has 64 valence electrons. The Morgan fingerprint density at radius 3 is 2.55 bits per heavy atom. The first-order chi connectivity index (χ1) is 5.20. The molecule has 1 aliphatic rings. The molecule has 1 atom stereocenters. The van der Waals surface area contributed by atoms with Crippen molar-refractivity contribution in [1.82, 2.24) is 0 Å². The average molecular weight is 155 g/mol. The lowest BCUT2D eigenvalue weighted by Crippen LogP contribution is -2.18. The summed E-state index contributed by atoms with van der Waals surface area (Å²) < 4.78 is 0. The van der Waals surface area contributed by atoms with Gasteiger partial charge in [-0.1, -0.05) is 32.6 Å². The molecule has 1 aliphatic carbocycles. The molecule has 1 saturated carbocycles. The number of carbonyl (C=O) groups is 1. The van der Waals surface area contributed by atoms with Gasteiger partial charge in [0.2, 0.25) is 5.91 Å². The van der Waals surface area contributed by atoms with Crippen LogP contribution >= 0.6 is 0 Å². The number of rotatable bonds is 3. The maximum atomic E-state index is 10.6. The molecular weight excluding hydrogens is 138 g/mol. The van der Waals surface area contributed by atoms with E-state index >= 15 is 0 Å². The number of amides is 1. The van der Waals surface area contributed by atoms with E-state index in [1.807, 2.05) is 0 Å². The number of primary amides is 1. The fourth-order valence-electron chi connectivity index (χ4n) is 2.01. The number of hydrogen-bond donors (Lipinski definition) is 1. The molecular formula is C9H17NO. The fraction of sp³-hybridized carbons (Fsp3) is 0.889. The van der Waals surface area contributed by atoms with E-state index < -0.39 is 0 Å². The van der Waals surface area contributed by atoms with E-state index in [0.29, 0.717) is 12.3 Å². The van der Waals surface area contributed by atoms with Gasteiger partial charge in [-0.25, -0.2) is 0 Å². The topological polar surface area (TPSA) is 43.1 Å². The zero-order chi connectivity index (χ0) is 8.27. The molecule has 0 aromatic rings. The number of carbonyl (C=O) groups excluding carboxylic acids is 1. The molecule has 2 N–H and O–H groups in total. The molecule has 0 aromatic carbocycles. The lowest BCUT2D eigenvalue weighted by Gasteiger charge is -2.16. The first-order valence-corrected chi connectivity index (χ1v) is 4.48. The molecule has 2 heteroatoms. The van der Waals surface area contributed by atoms with Crippen molar-refractivity contribution in [2.75, 3.05) is 0 Å². The zero-order valence-corrected chi connectivity index (χ0v) is 7.18. The maximum Gasteiger partial charge on any atom is 0.217 e. The maximum absolute atomic E-state index is 10.6. The van der Waals surface area contributed by atoms with Crippen LogP contribution in [0.25, 0.3) is 0 Å². The summed E-state index contributed by atoms with van der Waals surface area (Å²) in [7, 11) is 0. The summed E-state index contributed by atoms with van der Waals surface area (Å²) in [5.74, 6) is 1.13. The molecule has 1 fully saturated rings. The van der Waals surface area contributed by atoms with E-state index in [1.54, 1.807) is 0 Å². The quantitative estimate of drug-likeness (QED) is 0.662. The Hall–Kier alpha value is -0.530. The van der Waals surface area contributed by atoms with Gasteiger partial charge >= 0.3 is 0 Å². The molecule has 0 aromatic heterocycles. The summed E-state index contributed by atoms with van der Waals surface area (Å²) in [4.78, 5) is 10.6. The minimum atomic E-state index is -0.149. The van der Waals surface area contributed by atoms with Gasteiger partial charge in [-0.2, -0.15) is 0 Å². The van der Waals surface area contributed by atoms with Crippen LogP contribution in [0, 0.1) is 11.8 Å². The van der Waals surface area contributed by atoms with Crippen LogP contribution in [0.3, 0.4) is 0 Å². The van der Waals surface area contributed by atoms with Crippen molar-refractivity contribution in [1.29, 1.82) is 0 Å². The molecule has 0 spiro atoms. The van der Waals surface area contributed by atoms with Gasteiger partial charge in [0.05, 0.1) is 0 Å². The standard InChI is InChI=1S/C9H17NO/c1-7(6-9(10)11)8-4-2-3-5-8/h7-8H,2-6H2,1H3,(H2,10,11). The van der Waals surface area contributed by atoms with Crippen molar-refractivity contribution in [2.45, 2.75) is 39.0 Å². The Labute approximate surface area is 68.2 Å². The minimum absolute atomic E-state index is 0.149.